The zero-order valence-corrected chi connectivity index (χ0v) is 37.0. The van der Waals surface area contributed by atoms with E-state index in [9.17, 15) is 0 Å². The van der Waals surface area contributed by atoms with Crippen molar-refractivity contribution in [1.82, 2.24) is 4.57 Å². The molecule has 2 aromatic carbocycles. The van der Waals surface area contributed by atoms with E-state index in [1.165, 1.54) is 83.5 Å². The lowest BCUT2D eigenvalue weighted by Gasteiger charge is -2.28. The number of hydrogen-bond donors (Lipinski definition) is 0. The summed E-state index contributed by atoms with van der Waals surface area (Å²) < 4.78 is 51.3. The van der Waals surface area contributed by atoms with E-state index < -0.39 is 12.6 Å². The zero-order chi connectivity index (χ0) is 41.8. The van der Waals surface area contributed by atoms with Gasteiger partial charge in [-0.3, -0.25) is 4.79 Å². The van der Waals surface area contributed by atoms with Gasteiger partial charge in [0.1, 0.15) is 11.5 Å². The zero-order valence-electron chi connectivity index (χ0n) is 37.0. The van der Waals surface area contributed by atoms with Crippen molar-refractivity contribution in [1.29, 1.82) is 0 Å². The van der Waals surface area contributed by atoms with Crippen LogP contribution >= 0.6 is 0 Å². The van der Waals surface area contributed by atoms with Crippen LogP contribution in [0.3, 0.4) is 0 Å². The second-order valence-corrected chi connectivity index (χ2v) is 16.8. The molecule has 10 heteroatoms. The van der Waals surface area contributed by atoms with Gasteiger partial charge in [-0.15, -0.1) is 0 Å². The summed E-state index contributed by atoms with van der Waals surface area (Å²) in [6.07, 6.45) is 30.5. The summed E-state index contributed by atoms with van der Waals surface area (Å²) in [4.78, 5) is 15.1. The van der Waals surface area contributed by atoms with Crippen LogP contribution in [0.1, 0.15) is 161 Å². The number of methoxy groups -OCH3 is 2. The average Bonchev–Trinajstić information content (AvgIpc) is 3.28. The van der Waals surface area contributed by atoms with E-state index in [4.69, 9.17) is 37.9 Å². The second-order valence-electron chi connectivity index (χ2n) is 16.8. The van der Waals surface area contributed by atoms with Gasteiger partial charge in [0.15, 0.2) is 36.1 Å². The fourth-order valence-corrected chi connectivity index (χ4v) is 8.57. The van der Waals surface area contributed by atoms with Crippen LogP contribution in [-0.2, 0) is 14.2 Å². The summed E-state index contributed by atoms with van der Waals surface area (Å²) in [6, 6.07) is 9.46. The summed E-state index contributed by atoms with van der Waals surface area (Å²) in [5.41, 5.74) is 1.68. The Morgan fingerprint density at radius 2 is 1.17 bits per heavy atom. The van der Waals surface area contributed by atoms with Gasteiger partial charge in [-0.2, -0.15) is 0 Å². The Morgan fingerprint density at radius 1 is 0.617 bits per heavy atom. The molecule has 10 nitrogen and oxygen atoms in total. The molecule has 3 unspecified atom stereocenters. The highest BCUT2D eigenvalue weighted by molar-refractivity contribution is 5.93. The second kappa shape index (κ2) is 25.3. The minimum Gasteiger partial charge on any atom is -0.497 e. The van der Waals surface area contributed by atoms with Gasteiger partial charge in [0.25, 0.3) is 0 Å². The Labute approximate surface area is 359 Å². The van der Waals surface area contributed by atoms with Crippen molar-refractivity contribution in [2.75, 3.05) is 34.0 Å². The molecular formula is C50H73NO9. The van der Waals surface area contributed by atoms with E-state index in [0.29, 0.717) is 65.8 Å². The summed E-state index contributed by atoms with van der Waals surface area (Å²) >= 11 is 0. The van der Waals surface area contributed by atoms with Gasteiger partial charge in [-0.25, -0.2) is 0 Å². The van der Waals surface area contributed by atoms with Crippen molar-refractivity contribution < 1.29 is 37.9 Å². The number of rotatable bonds is 25. The van der Waals surface area contributed by atoms with Gasteiger partial charge in [-0.05, 0) is 69.6 Å². The molecule has 3 fully saturated rings. The first-order valence-corrected chi connectivity index (χ1v) is 23.6. The van der Waals surface area contributed by atoms with Gasteiger partial charge < -0.3 is 42.5 Å². The first-order valence-electron chi connectivity index (χ1n) is 23.6. The van der Waals surface area contributed by atoms with Crippen molar-refractivity contribution in [3.63, 3.8) is 0 Å². The van der Waals surface area contributed by atoms with Crippen LogP contribution < -0.4 is 29.1 Å². The normalized spacial score (nSPS) is 19.8. The summed E-state index contributed by atoms with van der Waals surface area (Å²) in [7, 11) is 3.26. The lowest BCUT2D eigenvalue weighted by Crippen LogP contribution is -2.29. The standard InChI is InChI=1S/C50H73NO9/c1-4-5-6-7-8-9-10-11-12-13-14-15-16-17-18-22-31-51-40-36-39(53-2)37-43(59-45-27-20-24-33-56-45)47(40)49(52)50(60-46-28-21-25-34-57-46)48(51)38-29-30-41(42(35-38)54-3)58-44-26-19-23-32-55-44/h22,29-31,35-37,44-46H,4-21,23-28,32-34H2,1-3H3. The van der Waals surface area contributed by atoms with Crippen LogP contribution in [0.25, 0.3) is 28.4 Å². The molecule has 60 heavy (non-hydrogen) atoms. The SMILES string of the molecule is CCCCCCCCCCCCCCCCC=Cn1c(-c2ccc(OC3CCCCO3)c(OC)c2)c(OC2CCCCO2)c(=O)c2c(OC3CCCCO3)cc(OC)cc21. The number of hydrogen-bond acceptors (Lipinski definition) is 9. The molecule has 3 aliphatic rings. The third-order valence-corrected chi connectivity index (χ3v) is 12.0. The average molecular weight is 832 g/mol. The molecular weight excluding hydrogens is 759 g/mol. The number of fused-ring (bicyclic) bond motifs is 1. The van der Waals surface area contributed by atoms with Crippen LogP contribution in [0.15, 0.2) is 41.2 Å². The quantitative estimate of drug-likeness (QED) is 0.0773. The summed E-state index contributed by atoms with van der Waals surface area (Å²) in [6.45, 7) is 4.15. The Hall–Kier alpha value is -3.73. The van der Waals surface area contributed by atoms with E-state index in [-0.39, 0.29) is 17.5 Å². The molecule has 6 rings (SSSR count). The number of benzene rings is 2. The van der Waals surface area contributed by atoms with Crippen LogP contribution in [0, 0.1) is 0 Å². The molecule has 3 aromatic rings. The summed E-state index contributed by atoms with van der Waals surface area (Å²) in [5.74, 6) is 2.30. The number of nitrogens with zero attached hydrogens (tertiary/aromatic N) is 1. The largest absolute Gasteiger partial charge is 0.497 e. The van der Waals surface area contributed by atoms with Crippen LogP contribution in [0.5, 0.6) is 28.7 Å². The predicted octanol–water partition coefficient (Wildman–Crippen LogP) is 12.7. The molecule has 0 spiro atoms. The highest BCUT2D eigenvalue weighted by Crippen LogP contribution is 2.41. The topological polar surface area (TPSA) is 95.8 Å². The molecule has 3 aliphatic heterocycles. The van der Waals surface area contributed by atoms with E-state index >= 15 is 4.79 Å². The van der Waals surface area contributed by atoms with Crippen molar-refractivity contribution >= 4 is 17.1 Å². The predicted molar refractivity (Wildman–Crippen MR) is 240 cm³/mol. The first kappa shape index (κ1) is 45.8. The lowest BCUT2D eigenvalue weighted by molar-refractivity contribution is -0.106. The lowest BCUT2D eigenvalue weighted by atomic mass is 10.0. The molecule has 4 heterocycles. The smallest absolute Gasteiger partial charge is 0.235 e. The molecule has 0 N–H and O–H groups in total. The van der Waals surface area contributed by atoms with Crippen molar-refractivity contribution in [2.45, 2.75) is 180 Å². The maximum absolute atomic E-state index is 15.1. The molecule has 0 aliphatic carbocycles. The molecule has 3 saturated heterocycles. The van der Waals surface area contributed by atoms with E-state index in [2.05, 4.69) is 23.8 Å². The maximum Gasteiger partial charge on any atom is 0.235 e. The molecule has 0 saturated carbocycles. The Bertz CT molecular complexity index is 1800. The molecule has 0 bridgehead atoms. The Morgan fingerprint density at radius 3 is 1.70 bits per heavy atom. The Balaban J connectivity index is 1.29. The van der Waals surface area contributed by atoms with E-state index in [0.717, 1.165) is 69.8 Å². The number of aromatic nitrogens is 1. The fourth-order valence-electron chi connectivity index (χ4n) is 8.57. The third-order valence-electron chi connectivity index (χ3n) is 12.0. The number of pyridine rings is 1. The summed E-state index contributed by atoms with van der Waals surface area (Å²) in [5, 5.41) is 0.405. The maximum atomic E-state index is 15.1. The van der Waals surface area contributed by atoms with Gasteiger partial charge in [0, 0.05) is 43.2 Å². The minimum absolute atomic E-state index is 0.196. The minimum atomic E-state index is -0.562. The van der Waals surface area contributed by atoms with Gasteiger partial charge in [0.05, 0.1) is 50.6 Å². The van der Waals surface area contributed by atoms with Crippen LogP contribution in [-0.4, -0.2) is 57.5 Å². The molecule has 332 valence electrons. The van der Waals surface area contributed by atoms with Crippen molar-refractivity contribution in [2.24, 2.45) is 0 Å². The van der Waals surface area contributed by atoms with E-state index in [1.807, 2.05) is 24.3 Å². The number of ether oxygens (including phenoxy) is 8. The molecule has 1 aromatic heterocycles. The molecule has 0 radical (unpaired) electrons. The van der Waals surface area contributed by atoms with Crippen LogP contribution in [0.2, 0.25) is 0 Å². The first-order chi connectivity index (χ1) is 29.6. The van der Waals surface area contributed by atoms with Crippen molar-refractivity contribution in [3.05, 3.63) is 46.6 Å². The van der Waals surface area contributed by atoms with Crippen molar-refractivity contribution in [3.8, 4) is 40.0 Å². The van der Waals surface area contributed by atoms with E-state index in [1.54, 1.807) is 20.3 Å². The molecule has 0 amide bonds. The fraction of sp³-hybridized carbons (Fsp3) is 0.660. The number of allylic oxidation sites excluding steroid dienone is 1. The van der Waals surface area contributed by atoms with Gasteiger partial charge in [-0.1, -0.05) is 96.5 Å². The Kier molecular flexibility index (Phi) is 19.3. The molecule has 3 atom stereocenters. The highest BCUT2D eigenvalue weighted by Gasteiger charge is 2.29. The monoisotopic (exact) mass is 832 g/mol. The van der Waals surface area contributed by atoms with Crippen LogP contribution in [0.4, 0.5) is 0 Å². The van der Waals surface area contributed by atoms with Gasteiger partial charge in [0.2, 0.25) is 5.43 Å². The third kappa shape index (κ3) is 13.4. The van der Waals surface area contributed by atoms with Gasteiger partial charge >= 0.3 is 0 Å². The highest BCUT2D eigenvalue weighted by atomic mass is 16.7. The number of unbranched alkanes of at least 4 members (excludes halogenated alkanes) is 14.